The molecule has 1 aliphatic rings. The quantitative estimate of drug-likeness (QED) is 0.310. The molecule has 1 aliphatic heterocycles. The largest absolute Gasteiger partial charge is 0.459 e. The second kappa shape index (κ2) is 8.48. The highest BCUT2D eigenvalue weighted by Crippen LogP contribution is 2.43. The van der Waals surface area contributed by atoms with E-state index in [1.165, 1.54) is 6.07 Å². The van der Waals surface area contributed by atoms with E-state index >= 15 is 0 Å². The van der Waals surface area contributed by atoms with Gasteiger partial charge in [-0.15, -0.1) is 0 Å². The average molecular weight is 508 g/mol. The summed E-state index contributed by atoms with van der Waals surface area (Å²) in [6, 6.07) is 22.0. The lowest BCUT2D eigenvalue weighted by Gasteiger charge is -2.26. The smallest absolute Gasteiger partial charge is 0.174 e. The molecule has 0 amide bonds. The summed E-state index contributed by atoms with van der Waals surface area (Å²) >= 11 is 9.04. The monoisotopic (exact) mass is 507 g/mol. The zero-order valence-electron chi connectivity index (χ0n) is 17.1. The molecule has 2 atom stereocenters. The lowest BCUT2D eigenvalue weighted by Crippen LogP contribution is -2.29. The average Bonchev–Trinajstić information content (AvgIpc) is 3.39. The van der Waals surface area contributed by atoms with Crippen molar-refractivity contribution in [2.75, 3.05) is 4.90 Å². The van der Waals surface area contributed by atoms with Crippen LogP contribution in [0.5, 0.6) is 0 Å². The Kier molecular flexibility index (Phi) is 5.53. The fourth-order valence-corrected chi connectivity index (χ4v) is 4.72. The molecule has 3 heterocycles. The van der Waals surface area contributed by atoms with Crippen molar-refractivity contribution < 1.29 is 8.81 Å². The van der Waals surface area contributed by atoms with Gasteiger partial charge in [-0.3, -0.25) is 4.98 Å². The summed E-state index contributed by atoms with van der Waals surface area (Å²) in [6.07, 6.45) is 1.76. The SMILES string of the molecule is Cc1cccc(N2C(=S)NC(c3ccccn3)C2c2ccc(-c3ccc(Br)cc3F)o2)c1. The molecule has 0 bridgehead atoms. The molecule has 0 aliphatic carbocycles. The summed E-state index contributed by atoms with van der Waals surface area (Å²) in [5.74, 6) is 0.788. The van der Waals surface area contributed by atoms with E-state index in [1.807, 2.05) is 54.3 Å². The standard InChI is InChI=1S/C25H19BrFN3OS/c1-15-5-4-6-17(13-15)30-24(23(29-25(30)32)20-7-2-3-12-28-20)22-11-10-21(31-22)18-9-8-16(26)14-19(18)27/h2-14,23-24H,1H3,(H,29,32). The highest BCUT2D eigenvalue weighted by atomic mass is 79.9. The van der Waals surface area contributed by atoms with Crippen molar-refractivity contribution in [3.63, 3.8) is 0 Å². The molecule has 2 aromatic heterocycles. The molecule has 1 fully saturated rings. The van der Waals surface area contributed by atoms with Crippen molar-refractivity contribution in [2.45, 2.75) is 19.0 Å². The van der Waals surface area contributed by atoms with E-state index in [1.54, 1.807) is 24.4 Å². The maximum absolute atomic E-state index is 14.6. The van der Waals surface area contributed by atoms with Gasteiger partial charge in [0.15, 0.2) is 5.11 Å². The maximum atomic E-state index is 14.6. The summed E-state index contributed by atoms with van der Waals surface area (Å²) < 4.78 is 21.5. The van der Waals surface area contributed by atoms with Crippen LogP contribution in [0.3, 0.4) is 0 Å². The van der Waals surface area contributed by atoms with Crippen LogP contribution in [0.25, 0.3) is 11.3 Å². The summed E-state index contributed by atoms with van der Waals surface area (Å²) in [5.41, 5.74) is 3.34. The number of thiocarbonyl (C=S) groups is 1. The second-order valence-corrected chi connectivity index (χ2v) is 8.96. The van der Waals surface area contributed by atoms with Gasteiger partial charge in [-0.25, -0.2) is 4.39 Å². The second-order valence-electron chi connectivity index (χ2n) is 7.66. The Labute approximate surface area is 199 Å². The Morgan fingerprint density at radius 1 is 1.06 bits per heavy atom. The van der Waals surface area contributed by atoms with E-state index in [2.05, 4.69) is 32.3 Å². The minimum Gasteiger partial charge on any atom is -0.459 e. The summed E-state index contributed by atoms with van der Waals surface area (Å²) in [7, 11) is 0. The normalized spacial score (nSPS) is 18.1. The molecule has 2 aromatic carbocycles. The predicted octanol–water partition coefficient (Wildman–Crippen LogP) is 6.73. The van der Waals surface area contributed by atoms with Crippen molar-refractivity contribution in [3.8, 4) is 11.3 Å². The maximum Gasteiger partial charge on any atom is 0.174 e. The fraction of sp³-hybridized carbons (Fsp3) is 0.120. The predicted molar refractivity (Wildman–Crippen MR) is 131 cm³/mol. The van der Waals surface area contributed by atoms with Crippen molar-refractivity contribution in [3.05, 3.63) is 106 Å². The number of nitrogens with zero attached hydrogens (tertiary/aromatic N) is 2. The molecule has 0 radical (unpaired) electrons. The molecule has 2 unspecified atom stereocenters. The van der Waals surface area contributed by atoms with Gasteiger partial charge in [-0.05, 0) is 79.3 Å². The van der Waals surface area contributed by atoms with Crippen LogP contribution in [0, 0.1) is 12.7 Å². The van der Waals surface area contributed by atoms with Gasteiger partial charge >= 0.3 is 0 Å². The van der Waals surface area contributed by atoms with Gasteiger partial charge in [-0.1, -0.05) is 34.1 Å². The van der Waals surface area contributed by atoms with Gasteiger partial charge in [0.1, 0.15) is 23.4 Å². The number of pyridine rings is 1. The lowest BCUT2D eigenvalue weighted by molar-refractivity contribution is 0.438. The molecule has 5 rings (SSSR count). The Balaban J connectivity index is 1.61. The molecule has 0 saturated carbocycles. The lowest BCUT2D eigenvalue weighted by atomic mass is 10.0. The van der Waals surface area contributed by atoms with Gasteiger partial charge in [0.2, 0.25) is 0 Å². The van der Waals surface area contributed by atoms with Gasteiger partial charge in [0.25, 0.3) is 0 Å². The number of aryl methyl sites for hydroxylation is 1. The molecule has 1 saturated heterocycles. The van der Waals surface area contributed by atoms with E-state index in [4.69, 9.17) is 16.6 Å². The van der Waals surface area contributed by atoms with E-state index in [0.717, 1.165) is 16.9 Å². The van der Waals surface area contributed by atoms with Crippen molar-refractivity contribution >= 4 is 38.9 Å². The van der Waals surface area contributed by atoms with Crippen LogP contribution in [0.2, 0.25) is 0 Å². The summed E-state index contributed by atoms with van der Waals surface area (Å²) in [4.78, 5) is 6.59. The third kappa shape index (κ3) is 3.82. The Bertz CT molecular complexity index is 1290. The zero-order chi connectivity index (χ0) is 22.2. The summed E-state index contributed by atoms with van der Waals surface area (Å²) in [6.45, 7) is 2.04. The van der Waals surface area contributed by atoms with E-state index in [-0.39, 0.29) is 17.9 Å². The zero-order valence-corrected chi connectivity index (χ0v) is 19.5. The van der Waals surface area contributed by atoms with E-state index in [9.17, 15) is 4.39 Å². The van der Waals surface area contributed by atoms with Crippen LogP contribution in [-0.2, 0) is 0 Å². The molecular weight excluding hydrogens is 489 g/mol. The van der Waals surface area contributed by atoms with Crippen LogP contribution in [-0.4, -0.2) is 10.1 Å². The van der Waals surface area contributed by atoms with Gasteiger partial charge < -0.3 is 14.6 Å². The van der Waals surface area contributed by atoms with Gasteiger partial charge in [0, 0.05) is 16.4 Å². The minimum absolute atomic E-state index is 0.224. The number of hydrogen-bond donors (Lipinski definition) is 1. The molecule has 4 aromatic rings. The first-order valence-electron chi connectivity index (χ1n) is 10.1. The number of benzene rings is 2. The number of anilines is 1. The topological polar surface area (TPSA) is 41.3 Å². The Hall–Kier alpha value is -3.03. The number of furan rings is 1. The highest BCUT2D eigenvalue weighted by Gasteiger charge is 2.42. The van der Waals surface area contributed by atoms with Crippen LogP contribution in [0.1, 0.15) is 29.1 Å². The summed E-state index contributed by atoms with van der Waals surface area (Å²) in [5, 5.41) is 4.00. The third-order valence-electron chi connectivity index (χ3n) is 5.49. The van der Waals surface area contributed by atoms with Gasteiger partial charge in [-0.2, -0.15) is 0 Å². The van der Waals surface area contributed by atoms with E-state index < -0.39 is 0 Å². The molecular formula is C25H19BrFN3OS. The Morgan fingerprint density at radius 2 is 1.94 bits per heavy atom. The van der Waals surface area contributed by atoms with Crippen molar-refractivity contribution in [2.24, 2.45) is 0 Å². The minimum atomic E-state index is -0.350. The highest BCUT2D eigenvalue weighted by molar-refractivity contribution is 9.10. The molecule has 160 valence electrons. The molecule has 1 N–H and O–H groups in total. The first-order valence-corrected chi connectivity index (χ1v) is 11.3. The fourth-order valence-electron chi connectivity index (χ4n) is 4.05. The van der Waals surface area contributed by atoms with Crippen LogP contribution in [0.15, 0.2) is 87.9 Å². The molecule has 4 nitrogen and oxygen atoms in total. The first-order chi connectivity index (χ1) is 15.5. The Morgan fingerprint density at radius 3 is 2.69 bits per heavy atom. The number of aromatic nitrogens is 1. The molecule has 32 heavy (non-hydrogen) atoms. The van der Waals surface area contributed by atoms with Crippen molar-refractivity contribution in [1.82, 2.24) is 10.3 Å². The number of rotatable bonds is 4. The number of hydrogen-bond acceptors (Lipinski definition) is 3. The third-order valence-corrected chi connectivity index (χ3v) is 6.30. The van der Waals surface area contributed by atoms with Crippen molar-refractivity contribution in [1.29, 1.82) is 0 Å². The van der Waals surface area contributed by atoms with E-state index in [0.29, 0.717) is 26.7 Å². The number of nitrogens with one attached hydrogen (secondary N) is 1. The molecule has 0 spiro atoms. The van der Waals surface area contributed by atoms with Crippen LogP contribution >= 0.6 is 28.1 Å². The van der Waals surface area contributed by atoms with Crippen LogP contribution in [0.4, 0.5) is 10.1 Å². The molecule has 7 heteroatoms. The van der Waals surface area contributed by atoms with Gasteiger partial charge in [0.05, 0.1) is 17.3 Å². The van der Waals surface area contributed by atoms with Crippen LogP contribution < -0.4 is 10.2 Å². The number of halogens is 2. The first kappa shape index (κ1) is 20.8.